The van der Waals surface area contributed by atoms with Gasteiger partial charge in [-0.2, -0.15) is 8.78 Å². The number of aromatic carboxylic acids is 1. The first-order chi connectivity index (χ1) is 10.9. The van der Waals surface area contributed by atoms with E-state index in [1.165, 1.54) is 13.0 Å². The van der Waals surface area contributed by atoms with Crippen LogP contribution in [0.25, 0.3) is 6.08 Å². The Kier molecular flexibility index (Phi) is 4.68. The predicted molar refractivity (Wildman–Crippen MR) is 71.8 cm³/mol. The van der Waals surface area contributed by atoms with Gasteiger partial charge in [0.2, 0.25) is 17.4 Å². The summed E-state index contributed by atoms with van der Waals surface area (Å²) in [5.41, 5.74) is -1.05. The molecule has 0 spiro atoms. The number of carboxylic acid groups (broad SMARTS) is 1. The topological polar surface area (TPSA) is 49.4 Å². The number of carbonyl (C=O) groups excluding carboxylic acids is 1. The molecule has 2 rings (SSSR count). The van der Waals surface area contributed by atoms with Crippen molar-refractivity contribution in [2.45, 2.75) is 6.92 Å². The van der Waals surface area contributed by atoms with Crippen LogP contribution in [0.2, 0.25) is 0 Å². The van der Waals surface area contributed by atoms with Gasteiger partial charge < -0.3 is 14.6 Å². The van der Waals surface area contributed by atoms with Gasteiger partial charge in [0.15, 0.2) is 11.6 Å². The quantitative estimate of drug-likeness (QED) is 0.639. The molecule has 0 aliphatic rings. The molecule has 2 aromatic carbocycles. The maximum atomic E-state index is 13.9. The van der Waals surface area contributed by atoms with Crippen LogP contribution in [-0.2, 0) is 0 Å². The highest BCUT2D eigenvalue weighted by Crippen LogP contribution is 2.33. The zero-order valence-corrected chi connectivity index (χ0v) is 11.7. The molecule has 0 amide bonds. The average molecular weight is 325 g/mol. The molecule has 0 aliphatic carbocycles. The molecule has 0 aliphatic heterocycles. The van der Waals surface area contributed by atoms with Gasteiger partial charge in [-0.3, -0.25) is 0 Å². The Hall–Kier alpha value is -2.83. The van der Waals surface area contributed by atoms with Gasteiger partial charge in [-0.1, -0.05) is 12.2 Å². The van der Waals surface area contributed by atoms with Crippen LogP contribution in [0.4, 0.5) is 17.6 Å². The summed E-state index contributed by atoms with van der Waals surface area (Å²) in [6.45, 7) is 1.43. The normalized spacial score (nSPS) is 11.0. The third-order valence-corrected chi connectivity index (χ3v) is 2.90. The maximum absolute atomic E-state index is 13.9. The van der Waals surface area contributed by atoms with Crippen molar-refractivity contribution < 1.29 is 32.2 Å². The van der Waals surface area contributed by atoms with E-state index in [4.69, 9.17) is 4.74 Å². The second-order valence-corrected chi connectivity index (χ2v) is 4.41. The molecule has 2 aromatic rings. The van der Waals surface area contributed by atoms with Crippen LogP contribution in [0.5, 0.6) is 11.5 Å². The molecule has 0 radical (unpaired) electrons. The van der Waals surface area contributed by atoms with Gasteiger partial charge >= 0.3 is 0 Å². The van der Waals surface area contributed by atoms with E-state index >= 15 is 0 Å². The van der Waals surface area contributed by atoms with E-state index in [1.807, 2.05) is 0 Å². The van der Waals surface area contributed by atoms with Crippen molar-refractivity contribution in [3.05, 3.63) is 64.7 Å². The van der Waals surface area contributed by atoms with Crippen molar-refractivity contribution in [1.29, 1.82) is 0 Å². The number of hydrogen-bond acceptors (Lipinski definition) is 3. The van der Waals surface area contributed by atoms with E-state index in [9.17, 15) is 27.5 Å². The monoisotopic (exact) mass is 325 g/mol. The standard InChI is InChI=1S/C16H10F4O3/c1-2-3-10-11(17)13(19)15(14(20)12(10)18)23-9-6-4-8(5-7-9)16(21)22/h2-7H,1H3,(H,21,22)/p-1/b3-2+. The summed E-state index contributed by atoms with van der Waals surface area (Å²) < 4.78 is 60.1. The predicted octanol–water partition coefficient (Wildman–Crippen LogP) is 3.43. The van der Waals surface area contributed by atoms with Crippen molar-refractivity contribution in [3.8, 4) is 11.5 Å². The van der Waals surface area contributed by atoms with Gasteiger partial charge in [0.1, 0.15) is 5.75 Å². The highest BCUT2D eigenvalue weighted by Gasteiger charge is 2.25. The average Bonchev–Trinajstić information content (AvgIpc) is 2.54. The van der Waals surface area contributed by atoms with Crippen LogP contribution in [0.3, 0.4) is 0 Å². The molecule has 23 heavy (non-hydrogen) atoms. The van der Waals surface area contributed by atoms with Gasteiger partial charge in [0.05, 0.1) is 11.5 Å². The summed E-state index contributed by atoms with van der Waals surface area (Å²) in [7, 11) is 0. The minimum absolute atomic E-state index is 0.195. The Labute approximate surface area is 128 Å². The number of carbonyl (C=O) groups is 1. The molecule has 0 heterocycles. The van der Waals surface area contributed by atoms with Gasteiger partial charge in [-0.15, -0.1) is 0 Å². The highest BCUT2D eigenvalue weighted by atomic mass is 19.2. The maximum Gasteiger partial charge on any atom is 0.205 e. The third-order valence-electron chi connectivity index (χ3n) is 2.90. The van der Waals surface area contributed by atoms with Gasteiger partial charge in [0.25, 0.3) is 0 Å². The van der Waals surface area contributed by atoms with E-state index in [0.717, 1.165) is 30.3 Å². The van der Waals surface area contributed by atoms with Gasteiger partial charge in [-0.05, 0) is 36.8 Å². The van der Waals surface area contributed by atoms with Gasteiger partial charge in [0, 0.05) is 0 Å². The fourth-order valence-corrected chi connectivity index (χ4v) is 1.81. The highest BCUT2D eigenvalue weighted by molar-refractivity contribution is 5.85. The lowest BCUT2D eigenvalue weighted by atomic mass is 10.1. The number of ether oxygens (including phenoxy) is 1. The van der Waals surface area contributed by atoms with Crippen LogP contribution in [0.1, 0.15) is 22.8 Å². The van der Waals surface area contributed by atoms with Crippen LogP contribution in [0, 0.1) is 23.3 Å². The minimum Gasteiger partial charge on any atom is -0.545 e. The molecule has 120 valence electrons. The lowest BCUT2D eigenvalue weighted by molar-refractivity contribution is -0.255. The summed E-state index contributed by atoms with van der Waals surface area (Å²) in [5, 5.41) is 10.6. The van der Waals surface area contributed by atoms with Crippen molar-refractivity contribution >= 4 is 12.0 Å². The number of halogens is 4. The number of hydrogen-bond donors (Lipinski definition) is 0. The minimum atomic E-state index is -1.69. The second kappa shape index (κ2) is 6.51. The SMILES string of the molecule is C/C=C/c1c(F)c(F)c(Oc2ccc(C(=O)[O-])cc2)c(F)c1F. The number of benzene rings is 2. The summed E-state index contributed by atoms with van der Waals surface area (Å²) in [6, 6.07) is 4.25. The molecule has 0 bridgehead atoms. The fraction of sp³-hybridized carbons (Fsp3) is 0.0625. The number of rotatable bonds is 4. The Morgan fingerprint density at radius 1 is 1.00 bits per heavy atom. The van der Waals surface area contributed by atoms with Crippen LogP contribution < -0.4 is 9.84 Å². The zero-order valence-electron chi connectivity index (χ0n) is 11.7. The molecule has 0 saturated carbocycles. The van der Waals surface area contributed by atoms with E-state index < -0.39 is 40.6 Å². The molecule has 0 saturated heterocycles. The molecular weight excluding hydrogens is 316 g/mol. The van der Waals surface area contributed by atoms with Crippen LogP contribution in [-0.4, -0.2) is 5.97 Å². The van der Waals surface area contributed by atoms with Crippen LogP contribution in [0.15, 0.2) is 30.3 Å². The van der Waals surface area contributed by atoms with Crippen molar-refractivity contribution in [2.24, 2.45) is 0 Å². The van der Waals surface area contributed by atoms with Crippen molar-refractivity contribution in [2.75, 3.05) is 0 Å². The van der Waals surface area contributed by atoms with E-state index in [2.05, 4.69) is 0 Å². The molecule has 0 atom stereocenters. The Morgan fingerprint density at radius 2 is 1.52 bits per heavy atom. The molecule has 0 fully saturated rings. The molecular formula is C16H9F4O3-. The lowest BCUT2D eigenvalue weighted by Crippen LogP contribution is -2.21. The second-order valence-electron chi connectivity index (χ2n) is 4.41. The summed E-state index contributed by atoms with van der Waals surface area (Å²) in [5.74, 6) is -9.49. The molecule has 7 heteroatoms. The fourth-order valence-electron chi connectivity index (χ4n) is 1.81. The van der Waals surface area contributed by atoms with Crippen molar-refractivity contribution in [3.63, 3.8) is 0 Å². The first-order valence-corrected chi connectivity index (χ1v) is 6.34. The largest absolute Gasteiger partial charge is 0.545 e. The Bertz CT molecular complexity index is 754. The van der Waals surface area contributed by atoms with Crippen LogP contribution >= 0.6 is 0 Å². The van der Waals surface area contributed by atoms with Crippen molar-refractivity contribution in [1.82, 2.24) is 0 Å². The molecule has 0 unspecified atom stereocenters. The Balaban J connectivity index is 2.46. The van der Waals surface area contributed by atoms with E-state index in [1.54, 1.807) is 0 Å². The molecule has 0 aromatic heterocycles. The lowest BCUT2D eigenvalue weighted by Gasteiger charge is -2.12. The summed E-state index contributed by atoms with van der Waals surface area (Å²) in [6.07, 6.45) is 2.11. The van der Waals surface area contributed by atoms with Gasteiger partial charge in [-0.25, -0.2) is 8.78 Å². The smallest absolute Gasteiger partial charge is 0.205 e. The van der Waals surface area contributed by atoms with E-state index in [0.29, 0.717) is 0 Å². The summed E-state index contributed by atoms with van der Waals surface area (Å²) >= 11 is 0. The number of allylic oxidation sites excluding steroid dienone is 1. The van der Waals surface area contributed by atoms with E-state index in [-0.39, 0.29) is 11.3 Å². The summed E-state index contributed by atoms with van der Waals surface area (Å²) in [4.78, 5) is 10.6. The zero-order chi connectivity index (χ0) is 17.1. The first kappa shape index (κ1) is 16.5. The third kappa shape index (κ3) is 3.18. The molecule has 0 N–H and O–H groups in total. The first-order valence-electron chi connectivity index (χ1n) is 6.34. The number of carboxylic acids is 1. The Morgan fingerprint density at radius 3 is 1.96 bits per heavy atom. The molecule has 3 nitrogen and oxygen atoms in total.